The van der Waals surface area contributed by atoms with Crippen LogP contribution in [0.5, 0.6) is 0 Å². The van der Waals surface area contributed by atoms with E-state index >= 15 is 0 Å². The molecule has 0 aromatic carbocycles. The minimum absolute atomic E-state index is 0.00706. The van der Waals surface area contributed by atoms with Crippen molar-refractivity contribution < 1.29 is 13.2 Å². The van der Waals surface area contributed by atoms with Gasteiger partial charge in [-0.25, -0.2) is 13.4 Å². The molecule has 1 N–H and O–H groups in total. The summed E-state index contributed by atoms with van der Waals surface area (Å²) in [5.41, 5.74) is 0.978. The van der Waals surface area contributed by atoms with Crippen LogP contribution in [0.4, 0.5) is 0 Å². The summed E-state index contributed by atoms with van der Waals surface area (Å²) in [7, 11) is -3.30. The molecule has 2 heterocycles. The van der Waals surface area contributed by atoms with Crippen molar-refractivity contribution in [2.45, 2.75) is 63.3 Å². The fraction of sp³-hybridized carbons (Fsp3) is 0.733. The lowest BCUT2D eigenvalue weighted by atomic mass is 10.1. The summed E-state index contributed by atoms with van der Waals surface area (Å²) >= 11 is 0. The van der Waals surface area contributed by atoms with Crippen molar-refractivity contribution in [3.63, 3.8) is 0 Å². The summed E-state index contributed by atoms with van der Waals surface area (Å²) in [5.74, 6) is 0.308. The molecule has 1 amide bonds. The van der Waals surface area contributed by atoms with Gasteiger partial charge in [0.05, 0.1) is 10.9 Å². The standard InChI is InChI=1S/C15H23N3O3S/c1-11-8-18-9-12(6-7-14(18)16-11)17-15(19)10-22(20,21)13-4-2-3-5-13/h8,12-13H,2-7,9-10H2,1H3,(H,17,19)/t12-/m1/s1. The number of hydrogen-bond acceptors (Lipinski definition) is 4. The van der Waals surface area contributed by atoms with E-state index in [1.165, 1.54) is 0 Å². The number of amides is 1. The summed E-state index contributed by atoms with van der Waals surface area (Å²) in [6.45, 7) is 2.62. The van der Waals surface area contributed by atoms with E-state index < -0.39 is 9.84 Å². The molecule has 1 fully saturated rings. The van der Waals surface area contributed by atoms with Crippen LogP contribution in [0.15, 0.2) is 6.20 Å². The number of carbonyl (C=O) groups excluding carboxylic acids is 1. The van der Waals surface area contributed by atoms with Crippen molar-refractivity contribution in [3.8, 4) is 0 Å². The number of fused-ring (bicyclic) bond motifs is 1. The first-order chi connectivity index (χ1) is 10.4. The maximum absolute atomic E-state index is 12.2. The first-order valence-corrected chi connectivity index (χ1v) is 9.69. The van der Waals surface area contributed by atoms with Gasteiger partial charge in [-0.05, 0) is 26.2 Å². The number of sulfone groups is 1. The van der Waals surface area contributed by atoms with Crippen LogP contribution in [-0.2, 0) is 27.6 Å². The summed E-state index contributed by atoms with van der Waals surface area (Å²) in [4.78, 5) is 16.5. The number of imidazole rings is 1. The Morgan fingerprint density at radius 3 is 2.82 bits per heavy atom. The molecule has 1 aliphatic carbocycles. The Balaban J connectivity index is 1.56. The van der Waals surface area contributed by atoms with Crippen molar-refractivity contribution in [2.75, 3.05) is 5.75 Å². The Kier molecular flexibility index (Phi) is 4.25. The molecule has 122 valence electrons. The molecule has 22 heavy (non-hydrogen) atoms. The fourth-order valence-electron chi connectivity index (χ4n) is 3.52. The van der Waals surface area contributed by atoms with Gasteiger partial charge in [0.25, 0.3) is 0 Å². The number of aryl methyl sites for hydroxylation is 2. The highest BCUT2D eigenvalue weighted by atomic mass is 32.2. The van der Waals surface area contributed by atoms with E-state index in [9.17, 15) is 13.2 Å². The summed E-state index contributed by atoms with van der Waals surface area (Å²) in [6, 6.07) is -0.00706. The molecular weight excluding hydrogens is 302 g/mol. The van der Waals surface area contributed by atoms with E-state index in [0.717, 1.165) is 37.2 Å². The minimum atomic E-state index is -3.30. The predicted molar refractivity (Wildman–Crippen MR) is 83.3 cm³/mol. The van der Waals surface area contributed by atoms with Crippen molar-refractivity contribution in [2.24, 2.45) is 0 Å². The SMILES string of the molecule is Cc1cn2c(n1)CC[C@@H](NC(=O)CS(=O)(=O)C1CCCC1)C2. The van der Waals surface area contributed by atoms with Crippen LogP contribution < -0.4 is 5.32 Å². The second-order valence-electron chi connectivity index (χ2n) is 6.47. The van der Waals surface area contributed by atoms with Gasteiger partial charge in [-0.15, -0.1) is 0 Å². The van der Waals surface area contributed by atoms with Crippen molar-refractivity contribution in [3.05, 3.63) is 17.7 Å². The lowest BCUT2D eigenvalue weighted by Crippen LogP contribution is -2.44. The Morgan fingerprint density at radius 2 is 2.09 bits per heavy atom. The Hall–Kier alpha value is -1.37. The van der Waals surface area contributed by atoms with Crippen LogP contribution in [0.3, 0.4) is 0 Å². The number of rotatable bonds is 4. The maximum Gasteiger partial charge on any atom is 0.235 e. The molecule has 3 rings (SSSR count). The van der Waals surface area contributed by atoms with Gasteiger partial charge in [0, 0.05) is 25.2 Å². The lowest BCUT2D eigenvalue weighted by Gasteiger charge is -2.25. The van der Waals surface area contributed by atoms with Crippen LogP contribution in [0.25, 0.3) is 0 Å². The van der Waals surface area contributed by atoms with Crippen LogP contribution in [-0.4, -0.2) is 40.9 Å². The molecule has 0 unspecified atom stereocenters. The van der Waals surface area contributed by atoms with Crippen molar-refractivity contribution in [1.82, 2.24) is 14.9 Å². The number of nitrogens with zero attached hydrogens (tertiary/aromatic N) is 2. The monoisotopic (exact) mass is 325 g/mol. The zero-order valence-corrected chi connectivity index (χ0v) is 13.7. The second kappa shape index (κ2) is 6.02. The van der Waals surface area contributed by atoms with Crippen LogP contribution in [0, 0.1) is 6.92 Å². The van der Waals surface area contributed by atoms with Gasteiger partial charge in [-0.2, -0.15) is 0 Å². The molecule has 1 aliphatic heterocycles. The zero-order valence-electron chi connectivity index (χ0n) is 12.9. The summed E-state index contributed by atoms with van der Waals surface area (Å²) < 4.78 is 26.5. The van der Waals surface area contributed by atoms with E-state index in [4.69, 9.17) is 0 Å². The van der Waals surface area contributed by atoms with Gasteiger partial charge in [0.2, 0.25) is 5.91 Å². The molecule has 1 aromatic heterocycles. The van der Waals surface area contributed by atoms with E-state index in [1.54, 1.807) is 0 Å². The van der Waals surface area contributed by atoms with Crippen LogP contribution in [0.1, 0.15) is 43.6 Å². The first kappa shape index (κ1) is 15.5. The van der Waals surface area contributed by atoms with Crippen LogP contribution in [0.2, 0.25) is 0 Å². The molecule has 0 radical (unpaired) electrons. The molecule has 0 spiro atoms. The van der Waals surface area contributed by atoms with Crippen LogP contribution >= 0.6 is 0 Å². The van der Waals surface area contributed by atoms with Gasteiger partial charge in [0.15, 0.2) is 9.84 Å². The molecule has 1 saturated carbocycles. The molecule has 0 saturated heterocycles. The average molecular weight is 325 g/mol. The third-order valence-electron chi connectivity index (χ3n) is 4.62. The summed E-state index contributed by atoms with van der Waals surface area (Å²) in [5, 5.41) is 2.57. The van der Waals surface area contributed by atoms with Gasteiger partial charge in [-0.3, -0.25) is 4.79 Å². The number of aromatic nitrogens is 2. The fourth-order valence-corrected chi connectivity index (χ4v) is 5.26. The molecule has 2 aliphatic rings. The zero-order chi connectivity index (χ0) is 15.7. The number of carbonyl (C=O) groups is 1. The molecule has 6 nitrogen and oxygen atoms in total. The highest BCUT2D eigenvalue weighted by molar-refractivity contribution is 7.92. The van der Waals surface area contributed by atoms with Crippen molar-refractivity contribution >= 4 is 15.7 Å². The van der Waals surface area contributed by atoms with E-state index in [1.807, 2.05) is 13.1 Å². The quantitative estimate of drug-likeness (QED) is 0.895. The third-order valence-corrected chi connectivity index (χ3v) is 6.77. The van der Waals surface area contributed by atoms with E-state index in [-0.39, 0.29) is 23.0 Å². The van der Waals surface area contributed by atoms with Gasteiger partial charge < -0.3 is 9.88 Å². The number of hydrogen-bond donors (Lipinski definition) is 1. The Morgan fingerprint density at radius 1 is 1.36 bits per heavy atom. The van der Waals surface area contributed by atoms with Gasteiger partial charge in [-0.1, -0.05) is 12.8 Å². The topological polar surface area (TPSA) is 81.1 Å². The largest absolute Gasteiger partial charge is 0.351 e. The van der Waals surface area contributed by atoms with E-state index in [0.29, 0.717) is 19.4 Å². The second-order valence-corrected chi connectivity index (χ2v) is 8.75. The smallest absolute Gasteiger partial charge is 0.235 e. The molecule has 7 heteroatoms. The van der Waals surface area contributed by atoms with E-state index in [2.05, 4.69) is 14.9 Å². The third kappa shape index (κ3) is 3.34. The first-order valence-electron chi connectivity index (χ1n) is 7.97. The summed E-state index contributed by atoms with van der Waals surface area (Å²) in [6.07, 6.45) is 6.92. The Bertz CT molecular complexity index is 660. The normalized spacial score (nSPS) is 22.5. The Labute approximate surface area is 131 Å². The van der Waals surface area contributed by atoms with Crippen molar-refractivity contribution in [1.29, 1.82) is 0 Å². The average Bonchev–Trinajstić information content (AvgIpc) is 3.05. The van der Waals surface area contributed by atoms with Gasteiger partial charge in [0.1, 0.15) is 11.6 Å². The predicted octanol–water partition coefficient (Wildman–Crippen LogP) is 0.980. The highest BCUT2D eigenvalue weighted by Gasteiger charge is 2.31. The highest BCUT2D eigenvalue weighted by Crippen LogP contribution is 2.25. The van der Waals surface area contributed by atoms with Gasteiger partial charge >= 0.3 is 0 Å². The molecule has 1 atom stereocenters. The maximum atomic E-state index is 12.2. The molecule has 1 aromatic rings. The minimum Gasteiger partial charge on any atom is -0.351 e. The molecular formula is C15H23N3O3S. The lowest BCUT2D eigenvalue weighted by molar-refractivity contribution is -0.119. The number of nitrogens with one attached hydrogen (secondary N) is 1. The molecule has 0 bridgehead atoms.